The maximum Gasteiger partial charge on any atom is 0.163 e. The Hall–Kier alpha value is -3.12. The first kappa shape index (κ1) is 18.9. The highest BCUT2D eigenvalue weighted by Gasteiger charge is 2.20. The third-order valence-corrected chi connectivity index (χ3v) is 5.64. The van der Waals surface area contributed by atoms with Crippen molar-refractivity contribution in [1.82, 2.24) is 9.88 Å². The summed E-state index contributed by atoms with van der Waals surface area (Å²) in [6.07, 6.45) is 3.75. The molecular weight excluding hydrogens is 381 g/mol. The Bertz CT molecular complexity index is 1020. The number of aromatic nitrogens is 1. The molecule has 0 saturated carbocycles. The fourth-order valence-electron chi connectivity index (χ4n) is 4.03. The second kappa shape index (κ2) is 8.32. The molecular formula is C24H24FN3O2. The molecule has 154 valence electrons. The Kier molecular flexibility index (Phi) is 5.24. The summed E-state index contributed by atoms with van der Waals surface area (Å²) in [5.41, 5.74) is 4.35. The molecule has 1 fully saturated rings. The largest absolute Gasteiger partial charge is 0.486 e. The molecule has 1 aromatic heterocycles. The van der Waals surface area contributed by atoms with E-state index in [1.165, 1.54) is 23.4 Å². The van der Waals surface area contributed by atoms with Crippen LogP contribution in [0.1, 0.15) is 5.56 Å². The van der Waals surface area contributed by atoms with E-state index >= 15 is 0 Å². The van der Waals surface area contributed by atoms with E-state index in [2.05, 4.69) is 33.0 Å². The fourth-order valence-corrected chi connectivity index (χ4v) is 4.03. The van der Waals surface area contributed by atoms with Crippen molar-refractivity contribution in [2.24, 2.45) is 0 Å². The molecule has 2 aliphatic heterocycles. The number of fused-ring (bicyclic) bond motifs is 1. The molecule has 3 heterocycles. The fraction of sp³-hybridized carbons (Fsp3) is 0.292. The van der Waals surface area contributed by atoms with E-state index in [4.69, 9.17) is 9.47 Å². The van der Waals surface area contributed by atoms with Gasteiger partial charge in [0.2, 0.25) is 0 Å². The Labute approximate surface area is 175 Å². The minimum Gasteiger partial charge on any atom is -0.486 e. The molecule has 0 atom stereocenters. The van der Waals surface area contributed by atoms with Gasteiger partial charge in [0.25, 0.3) is 0 Å². The monoisotopic (exact) mass is 405 g/mol. The Morgan fingerprint density at radius 3 is 2.37 bits per heavy atom. The minimum atomic E-state index is -0.223. The van der Waals surface area contributed by atoms with Crippen LogP contribution in [-0.4, -0.2) is 49.3 Å². The van der Waals surface area contributed by atoms with Gasteiger partial charge in [-0.25, -0.2) is 4.39 Å². The first-order chi connectivity index (χ1) is 14.7. The molecule has 3 aromatic rings. The van der Waals surface area contributed by atoms with Crippen molar-refractivity contribution in [3.05, 3.63) is 72.3 Å². The van der Waals surface area contributed by atoms with Gasteiger partial charge in [-0.3, -0.25) is 9.88 Å². The smallest absolute Gasteiger partial charge is 0.163 e. The summed E-state index contributed by atoms with van der Waals surface area (Å²) in [7, 11) is 0. The number of nitrogens with zero attached hydrogens (tertiary/aromatic N) is 3. The van der Waals surface area contributed by atoms with E-state index in [-0.39, 0.29) is 5.82 Å². The maximum absolute atomic E-state index is 13.2. The number of anilines is 1. The van der Waals surface area contributed by atoms with Crippen LogP contribution in [0.2, 0.25) is 0 Å². The molecule has 0 N–H and O–H groups in total. The average molecular weight is 405 g/mol. The highest BCUT2D eigenvalue weighted by Crippen LogP contribution is 2.34. The maximum atomic E-state index is 13.2. The van der Waals surface area contributed by atoms with Gasteiger partial charge in [-0.05, 0) is 41.5 Å². The quantitative estimate of drug-likeness (QED) is 0.656. The van der Waals surface area contributed by atoms with Crippen molar-refractivity contribution >= 4 is 5.69 Å². The average Bonchev–Trinajstić information content (AvgIpc) is 2.80. The Morgan fingerprint density at radius 1 is 0.800 bits per heavy atom. The number of pyridine rings is 1. The molecule has 30 heavy (non-hydrogen) atoms. The topological polar surface area (TPSA) is 37.8 Å². The van der Waals surface area contributed by atoms with Gasteiger partial charge in [-0.1, -0.05) is 12.1 Å². The summed E-state index contributed by atoms with van der Waals surface area (Å²) in [4.78, 5) is 9.23. The second-order valence-corrected chi connectivity index (χ2v) is 7.68. The minimum absolute atomic E-state index is 0.223. The van der Waals surface area contributed by atoms with Crippen LogP contribution in [0, 0.1) is 5.82 Å². The molecule has 1 saturated heterocycles. The number of benzene rings is 2. The van der Waals surface area contributed by atoms with Crippen LogP contribution < -0.4 is 14.4 Å². The summed E-state index contributed by atoms with van der Waals surface area (Å²) in [5.74, 6) is 1.45. The highest BCUT2D eigenvalue weighted by atomic mass is 19.1. The van der Waals surface area contributed by atoms with Gasteiger partial charge < -0.3 is 14.4 Å². The summed E-state index contributed by atoms with van der Waals surface area (Å²) in [6.45, 7) is 5.97. The number of hydrogen-bond acceptors (Lipinski definition) is 5. The van der Waals surface area contributed by atoms with Gasteiger partial charge in [0.1, 0.15) is 19.0 Å². The van der Waals surface area contributed by atoms with Crippen LogP contribution in [0.4, 0.5) is 10.1 Å². The van der Waals surface area contributed by atoms with Crippen molar-refractivity contribution in [2.75, 3.05) is 44.3 Å². The molecule has 0 unspecified atom stereocenters. The number of ether oxygens (including phenoxy) is 2. The standard InChI is InChI=1S/C24H24FN3O2/c25-21-3-1-19(2-4-21)20-13-18(15-26-16-20)17-27-7-9-28(10-8-27)22-5-6-23-24(14-22)30-12-11-29-23/h1-6,13-16H,7-12,17H2. The Morgan fingerprint density at radius 2 is 1.57 bits per heavy atom. The molecule has 0 bridgehead atoms. The molecule has 5 nitrogen and oxygen atoms in total. The van der Waals surface area contributed by atoms with Gasteiger partial charge in [0.05, 0.1) is 0 Å². The van der Waals surface area contributed by atoms with Crippen LogP contribution in [0.15, 0.2) is 60.9 Å². The first-order valence-corrected chi connectivity index (χ1v) is 10.3. The molecule has 0 spiro atoms. The lowest BCUT2D eigenvalue weighted by Crippen LogP contribution is -2.46. The van der Waals surface area contributed by atoms with E-state index < -0.39 is 0 Å². The van der Waals surface area contributed by atoms with Gasteiger partial charge >= 0.3 is 0 Å². The van der Waals surface area contributed by atoms with Crippen molar-refractivity contribution in [3.63, 3.8) is 0 Å². The van der Waals surface area contributed by atoms with Crippen LogP contribution in [-0.2, 0) is 6.54 Å². The zero-order valence-electron chi connectivity index (χ0n) is 16.8. The van der Waals surface area contributed by atoms with Crippen molar-refractivity contribution in [3.8, 4) is 22.6 Å². The van der Waals surface area contributed by atoms with Gasteiger partial charge in [-0.2, -0.15) is 0 Å². The summed E-state index contributed by atoms with van der Waals surface area (Å²) in [5, 5.41) is 0. The number of rotatable bonds is 4. The summed E-state index contributed by atoms with van der Waals surface area (Å²) < 4.78 is 24.5. The normalized spacial score (nSPS) is 16.5. The number of hydrogen-bond donors (Lipinski definition) is 0. The predicted molar refractivity (Wildman–Crippen MR) is 115 cm³/mol. The summed E-state index contributed by atoms with van der Waals surface area (Å²) in [6, 6.07) is 14.9. The van der Waals surface area contributed by atoms with E-state index in [1.54, 1.807) is 12.1 Å². The van der Waals surface area contributed by atoms with E-state index in [0.29, 0.717) is 13.2 Å². The molecule has 0 aliphatic carbocycles. The van der Waals surface area contributed by atoms with Crippen molar-refractivity contribution in [1.29, 1.82) is 0 Å². The van der Waals surface area contributed by atoms with Crippen LogP contribution in [0.5, 0.6) is 11.5 Å². The highest BCUT2D eigenvalue weighted by molar-refractivity contribution is 5.63. The lowest BCUT2D eigenvalue weighted by Gasteiger charge is -2.36. The van der Waals surface area contributed by atoms with Crippen LogP contribution >= 0.6 is 0 Å². The number of piperazine rings is 1. The van der Waals surface area contributed by atoms with Crippen LogP contribution in [0.3, 0.4) is 0 Å². The van der Waals surface area contributed by atoms with Crippen molar-refractivity contribution < 1.29 is 13.9 Å². The lowest BCUT2D eigenvalue weighted by molar-refractivity contribution is 0.171. The SMILES string of the molecule is Fc1ccc(-c2cncc(CN3CCN(c4ccc5c(c4)OCCO5)CC3)c2)cc1. The molecule has 6 heteroatoms. The van der Waals surface area contributed by atoms with E-state index in [1.807, 2.05) is 18.5 Å². The molecule has 0 amide bonds. The van der Waals surface area contributed by atoms with E-state index in [0.717, 1.165) is 55.3 Å². The predicted octanol–water partition coefficient (Wildman–Crippen LogP) is 3.98. The lowest BCUT2D eigenvalue weighted by atomic mass is 10.1. The third-order valence-electron chi connectivity index (χ3n) is 5.64. The van der Waals surface area contributed by atoms with Gasteiger partial charge in [0, 0.05) is 62.4 Å². The molecule has 2 aliphatic rings. The van der Waals surface area contributed by atoms with Gasteiger partial charge in [-0.15, -0.1) is 0 Å². The van der Waals surface area contributed by atoms with Crippen molar-refractivity contribution in [2.45, 2.75) is 6.54 Å². The van der Waals surface area contributed by atoms with Gasteiger partial charge in [0.15, 0.2) is 11.5 Å². The first-order valence-electron chi connectivity index (χ1n) is 10.3. The molecule has 2 aromatic carbocycles. The molecule has 0 radical (unpaired) electrons. The Balaban J connectivity index is 1.21. The zero-order chi connectivity index (χ0) is 20.3. The van der Waals surface area contributed by atoms with Crippen LogP contribution in [0.25, 0.3) is 11.1 Å². The number of halogens is 1. The second-order valence-electron chi connectivity index (χ2n) is 7.68. The molecule has 5 rings (SSSR count). The summed E-state index contributed by atoms with van der Waals surface area (Å²) >= 11 is 0. The third kappa shape index (κ3) is 4.09. The van der Waals surface area contributed by atoms with E-state index in [9.17, 15) is 4.39 Å². The zero-order valence-corrected chi connectivity index (χ0v) is 16.8.